The summed E-state index contributed by atoms with van der Waals surface area (Å²) in [6.07, 6.45) is 0. The van der Waals surface area contributed by atoms with Crippen molar-refractivity contribution in [3.05, 3.63) is 65.0 Å². The Bertz CT molecular complexity index is 1410. The van der Waals surface area contributed by atoms with Gasteiger partial charge in [0, 0.05) is 42.3 Å². The van der Waals surface area contributed by atoms with Crippen molar-refractivity contribution < 1.29 is 14.3 Å². The summed E-state index contributed by atoms with van der Waals surface area (Å²) in [5, 5.41) is 14.5. The molecule has 10 heteroatoms. The fourth-order valence-corrected chi connectivity index (χ4v) is 5.78. The Kier molecular flexibility index (Phi) is 8.85. The first kappa shape index (κ1) is 27.4. The molecule has 0 aliphatic rings. The van der Waals surface area contributed by atoms with Crippen molar-refractivity contribution in [1.29, 1.82) is 0 Å². The summed E-state index contributed by atoms with van der Waals surface area (Å²) in [6.45, 7) is 8.17. The molecule has 0 saturated heterocycles. The van der Waals surface area contributed by atoms with E-state index < -0.39 is 5.97 Å². The molecule has 8 nitrogen and oxygen atoms in total. The molecule has 1 N–H and O–H groups in total. The maximum Gasteiger partial charge on any atom is 0.341 e. The highest BCUT2D eigenvalue weighted by atomic mass is 32.2. The Morgan fingerprint density at radius 1 is 1.03 bits per heavy atom. The molecule has 2 aromatic carbocycles. The summed E-state index contributed by atoms with van der Waals surface area (Å²) in [7, 11) is 3.22. The molecule has 38 heavy (non-hydrogen) atoms. The lowest BCUT2D eigenvalue weighted by molar-refractivity contribution is -0.113. The summed E-state index contributed by atoms with van der Waals surface area (Å²) in [5.41, 5.74) is 5.22. The van der Waals surface area contributed by atoms with E-state index >= 15 is 0 Å². The number of aromatic nitrogens is 3. The van der Waals surface area contributed by atoms with Crippen molar-refractivity contribution in [2.75, 3.05) is 36.2 Å². The smallest absolute Gasteiger partial charge is 0.341 e. The van der Waals surface area contributed by atoms with Crippen LogP contribution in [0.25, 0.3) is 22.5 Å². The highest BCUT2D eigenvalue weighted by Gasteiger charge is 2.23. The van der Waals surface area contributed by atoms with Gasteiger partial charge in [0.2, 0.25) is 5.91 Å². The van der Waals surface area contributed by atoms with Crippen LogP contribution in [0.15, 0.2) is 59.1 Å². The fraction of sp³-hybridized carbons (Fsp3) is 0.286. The number of ether oxygens (including phenoxy) is 1. The third-order valence-corrected chi connectivity index (χ3v) is 8.13. The van der Waals surface area contributed by atoms with Crippen LogP contribution < -0.4 is 10.2 Å². The average Bonchev–Trinajstić information content (AvgIpc) is 3.51. The van der Waals surface area contributed by atoms with Gasteiger partial charge in [-0.2, -0.15) is 0 Å². The Morgan fingerprint density at radius 2 is 1.68 bits per heavy atom. The highest BCUT2D eigenvalue weighted by Crippen LogP contribution is 2.36. The van der Waals surface area contributed by atoms with Crippen molar-refractivity contribution in [1.82, 2.24) is 14.8 Å². The van der Waals surface area contributed by atoms with Crippen LogP contribution in [0.4, 0.5) is 10.7 Å². The number of hydrogen-bond donors (Lipinski definition) is 1. The van der Waals surface area contributed by atoms with Crippen LogP contribution in [0.3, 0.4) is 0 Å². The minimum atomic E-state index is -0.491. The molecule has 0 atom stereocenters. The van der Waals surface area contributed by atoms with Gasteiger partial charge in [-0.3, -0.25) is 4.79 Å². The van der Waals surface area contributed by atoms with Crippen molar-refractivity contribution in [3.63, 3.8) is 0 Å². The second kappa shape index (κ2) is 12.3. The molecule has 0 radical (unpaired) electrons. The first-order valence-electron chi connectivity index (χ1n) is 12.3. The van der Waals surface area contributed by atoms with Crippen LogP contribution in [0.1, 0.15) is 29.8 Å². The second-order valence-electron chi connectivity index (χ2n) is 8.63. The Balaban J connectivity index is 1.45. The second-order valence-corrected chi connectivity index (χ2v) is 10.5. The molecule has 198 valence electrons. The lowest BCUT2D eigenvalue weighted by atomic mass is 10.0. The van der Waals surface area contributed by atoms with E-state index in [2.05, 4.69) is 46.4 Å². The first-order valence-corrected chi connectivity index (χ1v) is 14.2. The molecule has 2 aromatic heterocycles. The number of amides is 1. The normalized spacial score (nSPS) is 10.9. The van der Waals surface area contributed by atoms with E-state index in [-0.39, 0.29) is 11.7 Å². The zero-order chi connectivity index (χ0) is 27.2. The monoisotopic (exact) mass is 549 g/mol. The Labute approximate surface area is 231 Å². The molecular weight excluding hydrogens is 518 g/mol. The summed E-state index contributed by atoms with van der Waals surface area (Å²) in [4.78, 5) is 27.7. The number of carbonyl (C=O) groups excluding carboxylic acids is 2. The number of rotatable bonds is 10. The number of anilines is 2. The number of hydrogen-bond acceptors (Lipinski definition) is 8. The van der Waals surface area contributed by atoms with Crippen molar-refractivity contribution in [3.8, 4) is 22.5 Å². The van der Waals surface area contributed by atoms with Gasteiger partial charge < -0.3 is 19.5 Å². The number of benzene rings is 2. The molecule has 0 aliphatic carbocycles. The van der Waals surface area contributed by atoms with Crippen LogP contribution in [0.2, 0.25) is 0 Å². The molecular formula is C28H31N5O3S2. The van der Waals surface area contributed by atoms with Gasteiger partial charge in [0.1, 0.15) is 10.6 Å². The molecule has 0 saturated carbocycles. The van der Waals surface area contributed by atoms with Gasteiger partial charge in [0.15, 0.2) is 11.0 Å². The van der Waals surface area contributed by atoms with Crippen molar-refractivity contribution >= 4 is 45.7 Å². The number of thioether (sulfide) groups is 1. The fourth-order valence-electron chi connectivity index (χ4n) is 4.10. The van der Waals surface area contributed by atoms with Gasteiger partial charge in [-0.1, -0.05) is 41.6 Å². The van der Waals surface area contributed by atoms with Gasteiger partial charge in [-0.05, 0) is 50.6 Å². The lowest BCUT2D eigenvalue weighted by Gasteiger charge is -2.21. The summed E-state index contributed by atoms with van der Waals surface area (Å²) in [5.74, 6) is 0.110. The number of esters is 1. The van der Waals surface area contributed by atoms with Crippen LogP contribution in [0.5, 0.6) is 0 Å². The quantitative estimate of drug-likeness (QED) is 0.195. The number of carbonyl (C=O) groups is 2. The number of thiophene rings is 1. The van der Waals surface area contributed by atoms with Crippen LogP contribution in [-0.4, -0.2) is 52.6 Å². The minimum Gasteiger partial charge on any atom is -0.465 e. The van der Waals surface area contributed by atoms with E-state index in [0.29, 0.717) is 15.7 Å². The summed E-state index contributed by atoms with van der Waals surface area (Å²) >= 11 is 2.59. The van der Waals surface area contributed by atoms with E-state index in [9.17, 15) is 9.59 Å². The van der Waals surface area contributed by atoms with E-state index in [1.54, 1.807) is 0 Å². The van der Waals surface area contributed by atoms with E-state index in [1.165, 1.54) is 30.2 Å². The Hall–Kier alpha value is -3.63. The third-order valence-electron chi connectivity index (χ3n) is 6.22. The van der Waals surface area contributed by atoms with Crippen molar-refractivity contribution in [2.45, 2.75) is 25.9 Å². The summed E-state index contributed by atoms with van der Waals surface area (Å²) < 4.78 is 6.89. The van der Waals surface area contributed by atoms with Gasteiger partial charge in [0.05, 0.1) is 12.9 Å². The predicted molar refractivity (Wildman–Crippen MR) is 155 cm³/mol. The summed E-state index contributed by atoms with van der Waals surface area (Å²) in [6, 6.07) is 16.1. The molecule has 1 amide bonds. The number of nitrogens with zero attached hydrogens (tertiary/aromatic N) is 4. The molecule has 4 aromatic rings. The molecule has 4 rings (SSSR count). The maximum atomic E-state index is 12.8. The van der Waals surface area contributed by atoms with Crippen LogP contribution in [0, 0.1) is 6.92 Å². The molecule has 2 heterocycles. The molecule has 0 bridgehead atoms. The molecule has 0 fully saturated rings. The Morgan fingerprint density at radius 3 is 2.32 bits per heavy atom. The third kappa shape index (κ3) is 5.92. The number of methoxy groups -OCH3 is 1. The minimum absolute atomic E-state index is 0.116. The van der Waals surface area contributed by atoms with E-state index in [1.807, 2.05) is 60.3 Å². The predicted octanol–water partition coefficient (Wildman–Crippen LogP) is 5.88. The molecule has 0 unspecified atom stereocenters. The van der Waals surface area contributed by atoms with Crippen LogP contribution >= 0.6 is 23.1 Å². The standard InChI is InChI=1S/C28H31N5O3S2/c1-6-33(7-2)21-14-12-20(13-15-21)25-30-31-28(32(25)4)38-17-23(34)29-26-24(27(35)36-5)22(16-37-26)19-10-8-18(3)9-11-19/h8-16H,6-7,17H2,1-5H3,(H,29,34). The van der Waals surface area contributed by atoms with Gasteiger partial charge in [-0.25, -0.2) is 4.79 Å². The lowest BCUT2D eigenvalue weighted by Crippen LogP contribution is -2.21. The van der Waals surface area contributed by atoms with Crippen molar-refractivity contribution in [2.24, 2.45) is 7.05 Å². The number of nitrogens with one attached hydrogen (secondary N) is 1. The topological polar surface area (TPSA) is 89.3 Å². The van der Waals surface area contributed by atoms with Crippen LogP contribution in [-0.2, 0) is 16.6 Å². The average molecular weight is 550 g/mol. The SMILES string of the molecule is CCN(CC)c1ccc(-c2nnc(SCC(=O)Nc3scc(-c4ccc(C)cc4)c3C(=O)OC)n2C)cc1. The zero-order valence-corrected chi connectivity index (χ0v) is 23.8. The van der Waals surface area contributed by atoms with Gasteiger partial charge in [0.25, 0.3) is 0 Å². The highest BCUT2D eigenvalue weighted by molar-refractivity contribution is 7.99. The van der Waals surface area contributed by atoms with E-state index in [4.69, 9.17) is 4.74 Å². The van der Waals surface area contributed by atoms with Gasteiger partial charge in [-0.15, -0.1) is 21.5 Å². The molecule has 0 spiro atoms. The number of aryl methyl sites for hydroxylation is 1. The maximum absolute atomic E-state index is 12.8. The zero-order valence-electron chi connectivity index (χ0n) is 22.1. The largest absolute Gasteiger partial charge is 0.465 e. The first-order chi connectivity index (χ1) is 18.4. The molecule has 0 aliphatic heterocycles. The van der Waals surface area contributed by atoms with Gasteiger partial charge >= 0.3 is 5.97 Å². The van der Waals surface area contributed by atoms with E-state index in [0.717, 1.165) is 46.9 Å².